The molecule has 2 heterocycles. The summed E-state index contributed by atoms with van der Waals surface area (Å²) >= 11 is 1.31. The van der Waals surface area contributed by atoms with Gasteiger partial charge in [-0.3, -0.25) is 24.3 Å². The standard InChI is InChI=1S/C27H30N4O3S/c1-18-9-10-22(16-19(18)2)31(24(32)17-29-26(33)23-8-5-15-35-23)25(20-11-13-28-14-12-20)27(34)30-21-6-3-4-7-21/h5,8-16,21,25H,3-4,6-7,17H2,1-2H3,(H,29,33)(H,30,34). The predicted octanol–water partition coefficient (Wildman–Crippen LogP) is 4.32. The van der Waals surface area contributed by atoms with Crippen LogP contribution in [-0.4, -0.2) is 35.3 Å². The molecule has 1 fully saturated rings. The number of aromatic nitrogens is 1. The zero-order valence-corrected chi connectivity index (χ0v) is 20.8. The molecule has 182 valence electrons. The summed E-state index contributed by atoms with van der Waals surface area (Å²) < 4.78 is 0. The molecule has 1 aliphatic carbocycles. The summed E-state index contributed by atoms with van der Waals surface area (Å²) in [6, 6.07) is 11.9. The molecule has 3 aromatic rings. The van der Waals surface area contributed by atoms with Gasteiger partial charge in [-0.2, -0.15) is 0 Å². The zero-order valence-electron chi connectivity index (χ0n) is 20.0. The molecule has 0 spiro atoms. The normalized spacial score (nSPS) is 14.3. The Hall–Kier alpha value is -3.52. The molecule has 3 amide bonds. The Labute approximate surface area is 209 Å². The van der Waals surface area contributed by atoms with Crippen molar-refractivity contribution in [3.8, 4) is 0 Å². The number of amides is 3. The van der Waals surface area contributed by atoms with Crippen LogP contribution >= 0.6 is 11.3 Å². The minimum absolute atomic E-state index is 0.0991. The van der Waals surface area contributed by atoms with Crippen molar-refractivity contribution in [1.29, 1.82) is 0 Å². The monoisotopic (exact) mass is 490 g/mol. The quantitative estimate of drug-likeness (QED) is 0.492. The molecule has 35 heavy (non-hydrogen) atoms. The molecule has 1 saturated carbocycles. The first-order chi connectivity index (χ1) is 16.9. The van der Waals surface area contributed by atoms with Crippen LogP contribution in [0.4, 0.5) is 5.69 Å². The summed E-state index contributed by atoms with van der Waals surface area (Å²) in [6.07, 6.45) is 7.27. The number of aryl methyl sites for hydroxylation is 2. The number of nitrogens with zero attached hydrogens (tertiary/aromatic N) is 2. The highest BCUT2D eigenvalue weighted by Gasteiger charge is 2.34. The summed E-state index contributed by atoms with van der Waals surface area (Å²) in [5.41, 5.74) is 3.36. The summed E-state index contributed by atoms with van der Waals surface area (Å²) in [6.45, 7) is 3.74. The van der Waals surface area contributed by atoms with Crippen LogP contribution in [0.3, 0.4) is 0 Å². The van der Waals surface area contributed by atoms with Crippen molar-refractivity contribution in [2.75, 3.05) is 11.4 Å². The molecule has 2 aromatic heterocycles. The third kappa shape index (κ3) is 5.95. The number of hydrogen-bond donors (Lipinski definition) is 2. The SMILES string of the molecule is Cc1ccc(N(C(=O)CNC(=O)c2cccs2)C(C(=O)NC2CCCC2)c2ccncc2)cc1C. The second-order valence-corrected chi connectivity index (χ2v) is 9.81. The lowest BCUT2D eigenvalue weighted by Crippen LogP contribution is -2.49. The number of nitrogens with one attached hydrogen (secondary N) is 2. The highest BCUT2D eigenvalue weighted by Crippen LogP contribution is 2.30. The van der Waals surface area contributed by atoms with Crippen molar-refractivity contribution in [3.63, 3.8) is 0 Å². The van der Waals surface area contributed by atoms with Crippen LogP contribution in [-0.2, 0) is 9.59 Å². The van der Waals surface area contributed by atoms with Gasteiger partial charge in [0.25, 0.3) is 5.91 Å². The number of anilines is 1. The van der Waals surface area contributed by atoms with Crippen LogP contribution in [0, 0.1) is 13.8 Å². The minimum Gasteiger partial charge on any atom is -0.351 e. The van der Waals surface area contributed by atoms with E-state index in [2.05, 4.69) is 15.6 Å². The average molecular weight is 491 g/mol. The van der Waals surface area contributed by atoms with E-state index < -0.39 is 6.04 Å². The molecular weight excluding hydrogens is 460 g/mol. The van der Waals surface area contributed by atoms with E-state index in [-0.39, 0.29) is 30.3 Å². The fraction of sp³-hybridized carbons (Fsp3) is 0.333. The number of carbonyl (C=O) groups is 3. The molecule has 0 radical (unpaired) electrons. The van der Waals surface area contributed by atoms with Crippen molar-refractivity contribution in [2.24, 2.45) is 0 Å². The third-order valence-electron chi connectivity index (χ3n) is 6.41. The molecule has 0 bridgehead atoms. The minimum atomic E-state index is -0.896. The number of pyridine rings is 1. The van der Waals surface area contributed by atoms with Gasteiger partial charge in [-0.15, -0.1) is 11.3 Å². The van der Waals surface area contributed by atoms with E-state index in [1.54, 1.807) is 36.7 Å². The maximum atomic E-state index is 13.7. The highest BCUT2D eigenvalue weighted by molar-refractivity contribution is 7.12. The van der Waals surface area contributed by atoms with Gasteiger partial charge in [0.1, 0.15) is 6.04 Å². The topological polar surface area (TPSA) is 91.4 Å². The van der Waals surface area contributed by atoms with Crippen molar-refractivity contribution < 1.29 is 14.4 Å². The van der Waals surface area contributed by atoms with E-state index in [1.807, 2.05) is 37.4 Å². The summed E-state index contributed by atoms with van der Waals surface area (Å²) in [5, 5.41) is 7.68. The third-order valence-corrected chi connectivity index (χ3v) is 7.28. The molecule has 1 unspecified atom stereocenters. The average Bonchev–Trinajstić information content (AvgIpc) is 3.58. The van der Waals surface area contributed by atoms with Crippen LogP contribution < -0.4 is 15.5 Å². The first kappa shape index (κ1) is 24.6. The summed E-state index contributed by atoms with van der Waals surface area (Å²) in [7, 11) is 0. The van der Waals surface area contributed by atoms with Gasteiger partial charge in [0.05, 0.1) is 11.4 Å². The van der Waals surface area contributed by atoms with Crippen LogP contribution in [0.25, 0.3) is 0 Å². The van der Waals surface area contributed by atoms with Gasteiger partial charge in [0.2, 0.25) is 11.8 Å². The molecule has 1 aliphatic rings. The van der Waals surface area contributed by atoms with E-state index in [0.717, 1.165) is 36.8 Å². The second-order valence-electron chi connectivity index (χ2n) is 8.87. The van der Waals surface area contributed by atoms with Crippen LogP contribution in [0.5, 0.6) is 0 Å². The lowest BCUT2D eigenvalue weighted by atomic mass is 10.0. The van der Waals surface area contributed by atoms with E-state index in [4.69, 9.17) is 0 Å². The number of hydrogen-bond acceptors (Lipinski definition) is 5. The van der Waals surface area contributed by atoms with Crippen molar-refractivity contribution >= 4 is 34.7 Å². The van der Waals surface area contributed by atoms with Gasteiger partial charge in [-0.05, 0) is 79.1 Å². The molecule has 0 aliphatic heterocycles. The Kier molecular flexibility index (Phi) is 7.92. The van der Waals surface area contributed by atoms with E-state index in [0.29, 0.717) is 16.1 Å². The Bertz CT molecular complexity index is 1170. The molecule has 7 nitrogen and oxygen atoms in total. The molecular formula is C27H30N4O3S. The number of benzene rings is 1. The number of thiophene rings is 1. The van der Waals surface area contributed by atoms with Gasteiger partial charge < -0.3 is 10.6 Å². The molecule has 2 N–H and O–H groups in total. The largest absolute Gasteiger partial charge is 0.351 e. The van der Waals surface area contributed by atoms with E-state index in [1.165, 1.54) is 16.2 Å². The predicted molar refractivity (Wildman–Crippen MR) is 137 cm³/mol. The molecule has 0 saturated heterocycles. The Morgan fingerprint density at radius 2 is 1.80 bits per heavy atom. The lowest BCUT2D eigenvalue weighted by molar-refractivity contribution is -0.126. The first-order valence-corrected chi connectivity index (χ1v) is 12.7. The molecule has 4 rings (SSSR count). The maximum Gasteiger partial charge on any atom is 0.261 e. The maximum absolute atomic E-state index is 13.7. The Morgan fingerprint density at radius 1 is 1.06 bits per heavy atom. The van der Waals surface area contributed by atoms with Gasteiger partial charge >= 0.3 is 0 Å². The second kappa shape index (κ2) is 11.3. The van der Waals surface area contributed by atoms with E-state index >= 15 is 0 Å². The summed E-state index contributed by atoms with van der Waals surface area (Å²) in [4.78, 5) is 46.0. The van der Waals surface area contributed by atoms with Crippen molar-refractivity contribution in [3.05, 3.63) is 81.8 Å². The molecule has 1 atom stereocenters. The van der Waals surface area contributed by atoms with Crippen LogP contribution in [0.15, 0.2) is 60.2 Å². The van der Waals surface area contributed by atoms with Gasteiger partial charge in [0.15, 0.2) is 0 Å². The Morgan fingerprint density at radius 3 is 2.46 bits per heavy atom. The fourth-order valence-corrected chi connectivity index (χ4v) is 5.00. The molecule has 1 aromatic carbocycles. The van der Waals surface area contributed by atoms with Crippen LogP contribution in [0.2, 0.25) is 0 Å². The van der Waals surface area contributed by atoms with Gasteiger partial charge in [-0.25, -0.2) is 0 Å². The fourth-order valence-electron chi connectivity index (χ4n) is 4.36. The Balaban J connectivity index is 1.69. The van der Waals surface area contributed by atoms with Gasteiger partial charge in [-0.1, -0.05) is 25.0 Å². The van der Waals surface area contributed by atoms with Crippen LogP contribution in [0.1, 0.15) is 58.1 Å². The highest BCUT2D eigenvalue weighted by atomic mass is 32.1. The number of rotatable bonds is 8. The van der Waals surface area contributed by atoms with E-state index in [9.17, 15) is 14.4 Å². The first-order valence-electron chi connectivity index (χ1n) is 11.9. The zero-order chi connectivity index (χ0) is 24.8. The molecule has 8 heteroatoms. The number of carbonyl (C=O) groups excluding carboxylic acids is 3. The van der Waals surface area contributed by atoms with Gasteiger partial charge in [0, 0.05) is 24.1 Å². The smallest absolute Gasteiger partial charge is 0.261 e. The lowest BCUT2D eigenvalue weighted by Gasteiger charge is -2.32. The van der Waals surface area contributed by atoms with Crippen molar-refractivity contribution in [2.45, 2.75) is 51.6 Å². The van der Waals surface area contributed by atoms with Crippen molar-refractivity contribution in [1.82, 2.24) is 15.6 Å². The summed E-state index contributed by atoms with van der Waals surface area (Å²) in [5.74, 6) is -0.926.